The molecule has 9 heteroatoms. The van der Waals surface area contributed by atoms with Gasteiger partial charge in [0.1, 0.15) is 18.5 Å². The van der Waals surface area contributed by atoms with E-state index in [1.807, 2.05) is 0 Å². The van der Waals surface area contributed by atoms with Crippen molar-refractivity contribution >= 4 is 41.0 Å². The molecule has 27 heavy (non-hydrogen) atoms. The van der Waals surface area contributed by atoms with Crippen LogP contribution in [0.4, 0.5) is 4.39 Å². The maximum Gasteiger partial charge on any atom is 0.329 e. The third-order valence-corrected chi connectivity index (χ3v) is 4.13. The first kappa shape index (κ1) is 20.7. The molecule has 0 bridgehead atoms. The molecule has 0 fully saturated rings. The van der Waals surface area contributed by atoms with Crippen molar-refractivity contribution in [1.82, 2.24) is 5.32 Å². The first-order valence-corrected chi connectivity index (χ1v) is 8.47. The van der Waals surface area contributed by atoms with E-state index < -0.39 is 42.7 Å². The molecule has 2 rings (SSSR count). The van der Waals surface area contributed by atoms with Gasteiger partial charge in [-0.1, -0.05) is 29.3 Å². The van der Waals surface area contributed by atoms with E-state index in [1.54, 1.807) is 0 Å². The van der Waals surface area contributed by atoms with E-state index in [2.05, 4.69) is 5.32 Å². The van der Waals surface area contributed by atoms with Gasteiger partial charge in [-0.15, -0.1) is 0 Å². The van der Waals surface area contributed by atoms with E-state index in [1.165, 1.54) is 36.4 Å². The fraction of sp³-hybridized carbons (Fsp3) is 0.167. The minimum absolute atomic E-state index is 0.0191. The van der Waals surface area contributed by atoms with Gasteiger partial charge in [-0.05, 0) is 36.4 Å². The maximum absolute atomic E-state index is 13.7. The van der Waals surface area contributed by atoms with Crippen LogP contribution in [0.2, 0.25) is 10.0 Å². The summed E-state index contributed by atoms with van der Waals surface area (Å²) in [5, 5.41) is 2.88. The molecule has 1 unspecified atom stereocenters. The third kappa shape index (κ3) is 5.94. The molecule has 0 radical (unpaired) electrons. The number of carbonyl (C=O) groups excluding carboxylic acids is 3. The average molecular weight is 413 g/mol. The topological polar surface area (TPSA) is 98.5 Å². The Balaban J connectivity index is 2.08. The summed E-state index contributed by atoms with van der Waals surface area (Å²) in [4.78, 5) is 35.7. The summed E-state index contributed by atoms with van der Waals surface area (Å²) in [6.45, 7) is -0.462. The summed E-state index contributed by atoms with van der Waals surface area (Å²) < 4.78 is 18.7. The van der Waals surface area contributed by atoms with Crippen LogP contribution < -0.4 is 11.1 Å². The van der Waals surface area contributed by atoms with Crippen LogP contribution >= 0.6 is 23.2 Å². The molecule has 2 aromatic rings. The van der Waals surface area contributed by atoms with Gasteiger partial charge in [0, 0.05) is 16.1 Å². The highest BCUT2D eigenvalue weighted by Gasteiger charge is 2.25. The third-order valence-electron chi connectivity index (χ3n) is 3.52. The van der Waals surface area contributed by atoms with Crippen molar-refractivity contribution < 1.29 is 23.5 Å². The van der Waals surface area contributed by atoms with Crippen molar-refractivity contribution in [2.75, 3.05) is 0 Å². The van der Waals surface area contributed by atoms with Gasteiger partial charge in [-0.25, -0.2) is 9.18 Å². The number of amides is 2. The zero-order valence-corrected chi connectivity index (χ0v) is 15.4. The second-order valence-corrected chi connectivity index (χ2v) is 6.35. The monoisotopic (exact) mass is 412 g/mol. The summed E-state index contributed by atoms with van der Waals surface area (Å²) in [5.41, 5.74) is 5.33. The molecule has 0 aliphatic heterocycles. The molecule has 2 amide bonds. The van der Waals surface area contributed by atoms with E-state index >= 15 is 0 Å². The Morgan fingerprint density at radius 3 is 2.37 bits per heavy atom. The number of hydrogen-bond donors (Lipinski definition) is 2. The molecule has 142 valence electrons. The Kier molecular flexibility index (Phi) is 7.15. The van der Waals surface area contributed by atoms with Crippen LogP contribution in [0.3, 0.4) is 0 Å². The molecule has 0 heterocycles. The lowest BCUT2D eigenvalue weighted by atomic mass is 10.1. The summed E-state index contributed by atoms with van der Waals surface area (Å²) in [7, 11) is 0. The van der Waals surface area contributed by atoms with Crippen LogP contribution in [0.1, 0.15) is 22.3 Å². The van der Waals surface area contributed by atoms with E-state index in [0.717, 1.165) is 6.07 Å². The number of rotatable bonds is 7. The molecular weight excluding hydrogens is 398 g/mol. The van der Waals surface area contributed by atoms with E-state index in [-0.39, 0.29) is 16.1 Å². The number of nitrogens with two attached hydrogens (primary N) is 1. The summed E-state index contributed by atoms with van der Waals surface area (Å²) in [5.74, 6) is -3.04. The molecule has 3 N–H and O–H groups in total. The number of primary amides is 1. The van der Waals surface area contributed by atoms with Gasteiger partial charge in [-0.2, -0.15) is 0 Å². The zero-order chi connectivity index (χ0) is 20.0. The normalized spacial score (nSPS) is 11.5. The predicted molar refractivity (Wildman–Crippen MR) is 97.7 cm³/mol. The Labute approximate surface area is 164 Å². The fourth-order valence-corrected chi connectivity index (χ4v) is 2.49. The molecule has 2 aromatic carbocycles. The van der Waals surface area contributed by atoms with E-state index in [0.29, 0.717) is 5.02 Å². The highest BCUT2D eigenvalue weighted by Crippen LogP contribution is 2.20. The Bertz CT molecular complexity index is 839. The van der Waals surface area contributed by atoms with Crippen LogP contribution in [0.15, 0.2) is 42.5 Å². The minimum Gasteiger partial charge on any atom is -0.459 e. The SMILES string of the molecule is NC(=O)CC(NC(=O)c1ccc(Cl)cc1)C(=O)OCc1c(F)cccc1Cl. The average Bonchev–Trinajstić information content (AvgIpc) is 2.60. The van der Waals surface area contributed by atoms with Gasteiger partial charge >= 0.3 is 5.97 Å². The number of hydrogen-bond acceptors (Lipinski definition) is 4. The smallest absolute Gasteiger partial charge is 0.329 e. The van der Waals surface area contributed by atoms with Crippen molar-refractivity contribution in [3.8, 4) is 0 Å². The summed E-state index contributed by atoms with van der Waals surface area (Å²) >= 11 is 11.6. The Morgan fingerprint density at radius 1 is 1.11 bits per heavy atom. The second-order valence-electron chi connectivity index (χ2n) is 5.51. The lowest BCUT2D eigenvalue weighted by Crippen LogP contribution is -2.44. The van der Waals surface area contributed by atoms with Gasteiger partial charge in [0.05, 0.1) is 11.4 Å². The van der Waals surface area contributed by atoms with E-state index in [4.69, 9.17) is 33.7 Å². The van der Waals surface area contributed by atoms with Crippen molar-refractivity contribution in [3.05, 3.63) is 69.5 Å². The first-order chi connectivity index (χ1) is 12.8. The highest BCUT2D eigenvalue weighted by molar-refractivity contribution is 6.31. The molecule has 0 aliphatic carbocycles. The number of esters is 1. The van der Waals surface area contributed by atoms with Crippen LogP contribution in [0.25, 0.3) is 0 Å². The lowest BCUT2D eigenvalue weighted by Gasteiger charge is -2.17. The standard InChI is InChI=1S/C18H15Cl2FN2O4/c19-11-6-4-10(5-7-11)17(25)23-15(8-16(22)24)18(26)27-9-12-13(20)2-1-3-14(12)21/h1-7,15H,8-9H2,(H2,22,24)(H,23,25). The molecule has 0 saturated carbocycles. The largest absolute Gasteiger partial charge is 0.459 e. The van der Waals surface area contributed by atoms with Gasteiger partial charge in [-0.3, -0.25) is 9.59 Å². The predicted octanol–water partition coefficient (Wildman–Crippen LogP) is 2.85. The number of carbonyl (C=O) groups is 3. The minimum atomic E-state index is -1.34. The van der Waals surface area contributed by atoms with Gasteiger partial charge in [0.2, 0.25) is 5.91 Å². The van der Waals surface area contributed by atoms with Crippen molar-refractivity contribution in [2.24, 2.45) is 5.73 Å². The Hall–Kier alpha value is -2.64. The van der Waals surface area contributed by atoms with E-state index in [9.17, 15) is 18.8 Å². The number of benzene rings is 2. The molecule has 0 aliphatic rings. The van der Waals surface area contributed by atoms with Gasteiger partial charge in [0.25, 0.3) is 5.91 Å². The molecule has 0 saturated heterocycles. The Morgan fingerprint density at radius 2 is 1.78 bits per heavy atom. The zero-order valence-electron chi connectivity index (χ0n) is 13.9. The lowest BCUT2D eigenvalue weighted by molar-refractivity contribution is -0.148. The van der Waals surface area contributed by atoms with Crippen molar-refractivity contribution in [1.29, 1.82) is 0 Å². The molecule has 0 aromatic heterocycles. The number of nitrogens with one attached hydrogen (secondary N) is 1. The summed E-state index contributed by atoms with van der Waals surface area (Å²) in [6, 6.07) is 8.57. The number of halogens is 3. The molecule has 1 atom stereocenters. The molecular formula is C18H15Cl2FN2O4. The van der Waals surface area contributed by atoms with Gasteiger partial charge < -0.3 is 15.8 Å². The fourth-order valence-electron chi connectivity index (χ4n) is 2.15. The quantitative estimate of drug-likeness (QED) is 0.682. The van der Waals surface area contributed by atoms with Crippen LogP contribution in [-0.2, 0) is 20.9 Å². The first-order valence-electron chi connectivity index (χ1n) is 7.72. The maximum atomic E-state index is 13.7. The van der Waals surface area contributed by atoms with Crippen LogP contribution in [0.5, 0.6) is 0 Å². The molecule has 6 nitrogen and oxygen atoms in total. The molecule has 0 spiro atoms. The van der Waals surface area contributed by atoms with Crippen LogP contribution in [0, 0.1) is 5.82 Å². The van der Waals surface area contributed by atoms with Crippen molar-refractivity contribution in [2.45, 2.75) is 19.1 Å². The summed E-state index contributed by atoms with van der Waals surface area (Å²) in [6.07, 6.45) is -0.483. The van der Waals surface area contributed by atoms with Crippen molar-refractivity contribution in [3.63, 3.8) is 0 Å². The number of ether oxygens (including phenoxy) is 1. The van der Waals surface area contributed by atoms with Gasteiger partial charge in [0.15, 0.2) is 0 Å². The second kappa shape index (κ2) is 9.34. The highest BCUT2D eigenvalue weighted by atomic mass is 35.5. The van der Waals surface area contributed by atoms with Crippen LogP contribution in [-0.4, -0.2) is 23.8 Å².